The summed E-state index contributed by atoms with van der Waals surface area (Å²) in [7, 11) is 0. The second-order valence-electron chi connectivity index (χ2n) is 6.94. The highest BCUT2D eigenvalue weighted by molar-refractivity contribution is 8.00. The summed E-state index contributed by atoms with van der Waals surface area (Å²) in [6.07, 6.45) is 0.0995. The van der Waals surface area contributed by atoms with Gasteiger partial charge in [0.2, 0.25) is 0 Å². The van der Waals surface area contributed by atoms with Crippen LogP contribution in [0, 0.1) is 12.7 Å². The zero-order valence-corrected chi connectivity index (χ0v) is 15.7. The Morgan fingerprint density at radius 1 is 1.31 bits per heavy atom. The Bertz CT molecular complexity index is 832. The fraction of sp³-hybridized carbons (Fsp3) is 0.500. The molecule has 0 radical (unpaired) electrons. The van der Waals surface area contributed by atoms with Crippen molar-refractivity contribution in [1.29, 1.82) is 0 Å². The normalized spacial score (nSPS) is 27.5. The molecule has 4 rings (SSSR count). The molecular weight excluding hydrogens is 355 g/mol. The van der Waals surface area contributed by atoms with Gasteiger partial charge < -0.3 is 4.74 Å². The van der Waals surface area contributed by atoms with E-state index in [0.29, 0.717) is 24.1 Å². The van der Waals surface area contributed by atoms with E-state index in [0.717, 1.165) is 5.56 Å². The molecule has 4 atom stereocenters. The highest BCUT2D eigenvalue weighted by atomic mass is 32.2. The molecule has 1 aromatic heterocycles. The zero-order valence-electron chi connectivity index (χ0n) is 14.9. The average Bonchev–Trinajstić information content (AvgIpc) is 3.05. The number of aromatic nitrogens is 3. The van der Waals surface area contributed by atoms with Gasteiger partial charge in [-0.25, -0.2) is 9.37 Å². The van der Waals surface area contributed by atoms with Crippen LogP contribution < -0.4 is 0 Å². The van der Waals surface area contributed by atoms with E-state index in [1.807, 2.05) is 19.9 Å². The molecule has 0 N–H and O–H groups in total. The number of nitrogens with zero attached hydrogens (tertiary/aromatic N) is 4. The van der Waals surface area contributed by atoms with Crippen LogP contribution in [-0.2, 0) is 4.74 Å². The van der Waals surface area contributed by atoms with Crippen molar-refractivity contribution in [2.75, 3.05) is 13.1 Å². The predicted molar refractivity (Wildman–Crippen MR) is 95.8 cm³/mol. The number of carbonyl (C=O) groups excluding carboxylic acids is 1. The molecule has 26 heavy (non-hydrogen) atoms. The number of thioether (sulfide) groups is 1. The lowest BCUT2D eigenvalue weighted by Crippen LogP contribution is -2.50. The van der Waals surface area contributed by atoms with E-state index in [1.165, 1.54) is 28.6 Å². The fourth-order valence-electron chi connectivity index (χ4n) is 3.81. The van der Waals surface area contributed by atoms with Crippen molar-refractivity contribution in [3.05, 3.63) is 41.5 Å². The van der Waals surface area contributed by atoms with Crippen LogP contribution in [0.5, 0.6) is 0 Å². The van der Waals surface area contributed by atoms with E-state index in [2.05, 4.69) is 15.0 Å². The fourth-order valence-corrected chi connectivity index (χ4v) is 5.11. The summed E-state index contributed by atoms with van der Waals surface area (Å²) in [5, 5.41) is 4.40. The SMILES string of the molecule is Cc1nc2n(n1)C(=O)C(C(c1cccc(F)c1)N1CC(C)OC(C)C1)S2. The Kier molecular flexibility index (Phi) is 4.58. The number of morpholine rings is 1. The van der Waals surface area contributed by atoms with Crippen molar-refractivity contribution in [2.24, 2.45) is 0 Å². The molecular formula is C18H21FN4O2S. The van der Waals surface area contributed by atoms with Crippen LogP contribution >= 0.6 is 11.8 Å². The first-order valence-corrected chi connectivity index (χ1v) is 9.60. The molecule has 4 unspecified atom stereocenters. The van der Waals surface area contributed by atoms with Crippen LogP contribution in [0.2, 0.25) is 0 Å². The standard InChI is InChI=1S/C18H21FN4O2S/c1-10-8-22(9-11(2)25-10)15(13-5-4-6-14(19)7-13)16-17(24)23-18(26-16)20-12(3)21-23/h4-7,10-11,15-16H,8-9H2,1-3H3. The molecule has 1 aromatic carbocycles. The maximum absolute atomic E-state index is 13.9. The summed E-state index contributed by atoms with van der Waals surface area (Å²) < 4.78 is 21.1. The number of hydrogen-bond acceptors (Lipinski definition) is 6. The van der Waals surface area contributed by atoms with Crippen LogP contribution in [0.15, 0.2) is 29.4 Å². The molecule has 0 amide bonds. The lowest BCUT2D eigenvalue weighted by Gasteiger charge is -2.41. The minimum Gasteiger partial charge on any atom is -0.373 e. The third kappa shape index (κ3) is 3.17. The molecule has 2 aliphatic heterocycles. The minimum atomic E-state index is -0.412. The molecule has 0 bridgehead atoms. The van der Waals surface area contributed by atoms with E-state index in [4.69, 9.17) is 4.74 Å². The molecule has 138 valence electrons. The topological polar surface area (TPSA) is 60.2 Å². The van der Waals surface area contributed by atoms with Crippen LogP contribution in [0.3, 0.4) is 0 Å². The smallest absolute Gasteiger partial charge is 0.264 e. The summed E-state index contributed by atoms with van der Waals surface area (Å²) in [6, 6.07) is 6.25. The predicted octanol–water partition coefficient (Wildman–Crippen LogP) is 2.69. The van der Waals surface area contributed by atoms with Gasteiger partial charge in [0.15, 0.2) is 5.16 Å². The van der Waals surface area contributed by atoms with Gasteiger partial charge >= 0.3 is 0 Å². The molecule has 2 aromatic rings. The second kappa shape index (κ2) is 6.75. The molecule has 0 spiro atoms. The Balaban J connectivity index is 1.72. The second-order valence-corrected chi connectivity index (χ2v) is 8.05. The van der Waals surface area contributed by atoms with Crippen molar-refractivity contribution < 1.29 is 13.9 Å². The number of carbonyl (C=O) groups is 1. The Morgan fingerprint density at radius 2 is 2.04 bits per heavy atom. The highest BCUT2D eigenvalue weighted by Gasteiger charge is 2.44. The number of hydrogen-bond donors (Lipinski definition) is 0. The van der Waals surface area contributed by atoms with Gasteiger partial charge in [-0.05, 0) is 38.5 Å². The van der Waals surface area contributed by atoms with Crippen LogP contribution in [0.25, 0.3) is 0 Å². The molecule has 6 nitrogen and oxygen atoms in total. The van der Waals surface area contributed by atoms with Crippen LogP contribution in [-0.4, -0.2) is 56.1 Å². The third-order valence-electron chi connectivity index (χ3n) is 4.69. The van der Waals surface area contributed by atoms with Crippen molar-refractivity contribution in [3.8, 4) is 0 Å². The largest absolute Gasteiger partial charge is 0.373 e. The summed E-state index contributed by atoms with van der Waals surface area (Å²) in [5.41, 5.74) is 0.791. The van der Waals surface area contributed by atoms with Gasteiger partial charge in [-0.2, -0.15) is 4.68 Å². The van der Waals surface area contributed by atoms with Crippen molar-refractivity contribution in [2.45, 2.75) is 49.4 Å². The number of rotatable bonds is 3. The molecule has 0 aliphatic carbocycles. The first-order valence-electron chi connectivity index (χ1n) is 8.72. The molecule has 1 saturated heterocycles. The monoisotopic (exact) mass is 376 g/mol. The van der Waals surface area contributed by atoms with E-state index >= 15 is 0 Å². The van der Waals surface area contributed by atoms with E-state index in [9.17, 15) is 9.18 Å². The van der Waals surface area contributed by atoms with Crippen molar-refractivity contribution in [1.82, 2.24) is 19.7 Å². The van der Waals surface area contributed by atoms with E-state index in [1.54, 1.807) is 13.0 Å². The zero-order chi connectivity index (χ0) is 18.4. The lowest BCUT2D eigenvalue weighted by atomic mass is 9.99. The maximum atomic E-state index is 13.9. The lowest BCUT2D eigenvalue weighted by molar-refractivity contribution is -0.0804. The van der Waals surface area contributed by atoms with Gasteiger partial charge in [-0.3, -0.25) is 9.69 Å². The first-order chi connectivity index (χ1) is 12.4. The number of ether oxygens (including phenoxy) is 1. The minimum absolute atomic E-state index is 0.0497. The van der Waals surface area contributed by atoms with E-state index < -0.39 is 5.25 Å². The Labute approximate surface area is 155 Å². The summed E-state index contributed by atoms with van der Waals surface area (Å²) >= 11 is 1.40. The maximum Gasteiger partial charge on any atom is 0.264 e. The molecule has 1 fully saturated rings. The Hall–Kier alpha value is -1.77. The average molecular weight is 376 g/mol. The summed E-state index contributed by atoms with van der Waals surface area (Å²) in [6.45, 7) is 7.18. The van der Waals surface area contributed by atoms with Gasteiger partial charge in [-0.1, -0.05) is 23.9 Å². The van der Waals surface area contributed by atoms with Gasteiger partial charge in [0.05, 0.1) is 18.2 Å². The quantitative estimate of drug-likeness (QED) is 0.821. The molecule has 8 heteroatoms. The van der Waals surface area contributed by atoms with Gasteiger partial charge in [-0.15, -0.1) is 5.10 Å². The summed E-state index contributed by atoms with van der Waals surface area (Å²) in [5.74, 6) is 0.172. The number of fused-ring (bicyclic) bond motifs is 1. The van der Waals surface area contributed by atoms with Gasteiger partial charge in [0.1, 0.15) is 16.9 Å². The molecule has 3 heterocycles. The van der Waals surface area contributed by atoms with Crippen molar-refractivity contribution >= 4 is 17.7 Å². The third-order valence-corrected chi connectivity index (χ3v) is 5.87. The number of benzene rings is 1. The van der Waals surface area contributed by atoms with Crippen LogP contribution in [0.1, 0.15) is 36.1 Å². The number of aryl methyl sites for hydroxylation is 1. The molecule has 2 aliphatic rings. The van der Waals surface area contributed by atoms with E-state index in [-0.39, 0.29) is 30.0 Å². The Morgan fingerprint density at radius 3 is 2.69 bits per heavy atom. The van der Waals surface area contributed by atoms with Crippen LogP contribution in [0.4, 0.5) is 4.39 Å². The first kappa shape index (κ1) is 17.6. The summed E-state index contributed by atoms with van der Waals surface area (Å²) in [4.78, 5) is 19.6. The highest BCUT2D eigenvalue weighted by Crippen LogP contribution is 2.41. The number of halogens is 1. The van der Waals surface area contributed by atoms with Crippen molar-refractivity contribution in [3.63, 3.8) is 0 Å². The van der Waals surface area contributed by atoms with Gasteiger partial charge in [0, 0.05) is 13.1 Å². The molecule has 0 saturated carbocycles. The van der Waals surface area contributed by atoms with Gasteiger partial charge in [0.25, 0.3) is 5.91 Å².